The van der Waals surface area contributed by atoms with Crippen molar-refractivity contribution in [2.24, 2.45) is 0 Å². The summed E-state index contributed by atoms with van der Waals surface area (Å²) in [6.45, 7) is 1.73. The van der Waals surface area contributed by atoms with Crippen LogP contribution in [0.3, 0.4) is 0 Å². The van der Waals surface area contributed by atoms with E-state index in [9.17, 15) is 23.2 Å². The van der Waals surface area contributed by atoms with E-state index in [-0.39, 0.29) is 29.4 Å². The van der Waals surface area contributed by atoms with Crippen LogP contribution in [0.1, 0.15) is 24.2 Å². The van der Waals surface area contributed by atoms with E-state index in [1.165, 1.54) is 41.0 Å². The van der Waals surface area contributed by atoms with Crippen molar-refractivity contribution in [3.05, 3.63) is 74.7 Å². The number of pyridine rings is 1. The van der Waals surface area contributed by atoms with E-state index in [0.29, 0.717) is 22.3 Å². The summed E-state index contributed by atoms with van der Waals surface area (Å²) >= 11 is 5.79. The minimum absolute atomic E-state index is 0.137. The average Bonchev–Trinajstić information content (AvgIpc) is 2.75. The minimum atomic E-state index is -0.636. The van der Waals surface area contributed by atoms with Gasteiger partial charge in [-0.3, -0.25) is 9.59 Å². The molecule has 2 N–H and O–H groups in total. The first-order chi connectivity index (χ1) is 15.2. The van der Waals surface area contributed by atoms with E-state index in [4.69, 9.17) is 11.6 Å². The van der Waals surface area contributed by atoms with Crippen molar-refractivity contribution in [1.29, 1.82) is 0 Å². The standard InChI is InChI=1S/C22H19ClF2N4O3/c1-11(30)29-9-18-20(14-5-3-12(24)7-15(14)21(31)27-18)19(10-29)28(2)22(32)26-13-4-6-17(25)16(23)8-13/h3-8,19H,9-10H2,1-2H3,(H,26,32)(H,27,31)/t19-/m0/s1. The number of benzene rings is 2. The summed E-state index contributed by atoms with van der Waals surface area (Å²) in [7, 11) is 1.54. The first-order valence-corrected chi connectivity index (χ1v) is 10.1. The zero-order chi connectivity index (χ0) is 23.2. The Labute approximate surface area is 186 Å². The number of aromatic nitrogens is 1. The van der Waals surface area contributed by atoms with Gasteiger partial charge in [-0.25, -0.2) is 13.6 Å². The molecule has 166 valence electrons. The third kappa shape index (κ3) is 3.91. The lowest BCUT2D eigenvalue weighted by Crippen LogP contribution is -2.46. The number of hydrogen-bond acceptors (Lipinski definition) is 3. The Morgan fingerprint density at radius 1 is 1.19 bits per heavy atom. The number of carbonyl (C=O) groups excluding carboxylic acids is 2. The van der Waals surface area contributed by atoms with Crippen LogP contribution in [-0.2, 0) is 11.3 Å². The highest BCUT2D eigenvalue weighted by Crippen LogP contribution is 2.34. The van der Waals surface area contributed by atoms with Crippen molar-refractivity contribution >= 4 is 40.0 Å². The molecule has 3 amide bonds. The molecule has 1 atom stereocenters. The molecular weight excluding hydrogens is 442 g/mol. The first kappa shape index (κ1) is 21.8. The second-order valence-corrected chi connectivity index (χ2v) is 8.03. The number of nitrogens with one attached hydrogen (secondary N) is 2. The molecule has 0 saturated heterocycles. The largest absolute Gasteiger partial charge is 0.335 e. The van der Waals surface area contributed by atoms with Crippen LogP contribution in [0.4, 0.5) is 19.3 Å². The normalized spacial score (nSPS) is 15.4. The number of anilines is 1. The van der Waals surface area contributed by atoms with Gasteiger partial charge in [0.15, 0.2) is 0 Å². The summed E-state index contributed by atoms with van der Waals surface area (Å²) in [6.07, 6.45) is 0. The molecule has 2 heterocycles. The van der Waals surface area contributed by atoms with E-state index < -0.39 is 29.3 Å². The number of rotatable bonds is 2. The van der Waals surface area contributed by atoms with Crippen LogP contribution in [0.5, 0.6) is 0 Å². The highest BCUT2D eigenvalue weighted by molar-refractivity contribution is 6.31. The molecule has 0 saturated carbocycles. The van der Waals surface area contributed by atoms with Crippen molar-refractivity contribution in [2.75, 3.05) is 18.9 Å². The maximum absolute atomic E-state index is 13.8. The number of hydrogen-bond donors (Lipinski definition) is 2. The minimum Gasteiger partial charge on any atom is -0.335 e. The zero-order valence-electron chi connectivity index (χ0n) is 17.2. The highest BCUT2D eigenvalue weighted by Gasteiger charge is 2.34. The predicted octanol–water partition coefficient (Wildman–Crippen LogP) is 4.03. The van der Waals surface area contributed by atoms with Gasteiger partial charge < -0.3 is 20.1 Å². The summed E-state index contributed by atoms with van der Waals surface area (Å²) in [5, 5.41) is 3.17. The number of amides is 3. The van der Waals surface area contributed by atoms with Gasteiger partial charge in [0.1, 0.15) is 11.6 Å². The lowest BCUT2D eigenvalue weighted by atomic mass is 9.93. The number of likely N-dealkylation sites (N-methyl/N-ethyl adjacent to an activating group) is 1. The molecule has 0 unspecified atom stereocenters. The van der Waals surface area contributed by atoms with Crippen LogP contribution in [0.2, 0.25) is 5.02 Å². The summed E-state index contributed by atoms with van der Waals surface area (Å²) in [4.78, 5) is 43.3. The van der Waals surface area contributed by atoms with Crippen molar-refractivity contribution in [2.45, 2.75) is 19.5 Å². The Kier molecular flexibility index (Phi) is 5.60. The van der Waals surface area contributed by atoms with Crippen LogP contribution in [-0.4, -0.2) is 40.3 Å². The molecule has 2 aromatic carbocycles. The molecule has 3 aromatic rings. The average molecular weight is 461 g/mol. The quantitative estimate of drug-likeness (QED) is 0.605. The molecule has 0 spiro atoms. The topological polar surface area (TPSA) is 85.5 Å². The summed E-state index contributed by atoms with van der Waals surface area (Å²) in [5.41, 5.74) is 0.925. The number of fused-ring (bicyclic) bond motifs is 3. The van der Waals surface area contributed by atoms with Crippen molar-refractivity contribution < 1.29 is 18.4 Å². The fraction of sp³-hybridized carbons (Fsp3) is 0.227. The fourth-order valence-electron chi connectivity index (χ4n) is 3.92. The molecule has 0 fully saturated rings. The van der Waals surface area contributed by atoms with Gasteiger partial charge in [0.05, 0.1) is 23.0 Å². The van der Waals surface area contributed by atoms with Crippen molar-refractivity contribution in [3.8, 4) is 0 Å². The maximum atomic E-state index is 13.8. The van der Waals surface area contributed by atoms with Crippen LogP contribution >= 0.6 is 11.6 Å². The number of H-pyrrole nitrogens is 1. The van der Waals surface area contributed by atoms with Crippen LogP contribution in [0, 0.1) is 11.6 Å². The van der Waals surface area contributed by atoms with Gasteiger partial charge in [-0.2, -0.15) is 0 Å². The Hall–Kier alpha value is -3.46. The van der Waals surface area contributed by atoms with Crippen LogP contribution in [0.25, 0.3) is 10.8 Å². The second kappa shape index (κ2) is 8.23. The second-order valence-electron chi connectivity index (χ2n) is 7.62. The van der Waals surface area contributed by atoms with E-state index in [2.05, 4.69) is 10.3 Å². The SMILES string of the molecule is CC(=O)N1Cc2[nH]c(=O)c3cc(F)ccc3c2[C@@H](N(C)C(=O)Nc2ccc(F)c(Cl)c2)C1. The number of urea groups is 1. The Balaban J connectivity index is 1.77. The molecule has 1 aromatic heterocycles. The van der Waals surface area contributed by atoms with E-state index in [0.717, 1.165) is 12.1 Å². The summed E-state index contributed by atoms with van der Waals surface area (Å²) < 4.78 is 27.2. The molecule has 1 aliphatic rings. The molecule has 7 nitrogen and oxygen atoms in total. The summed E-state index contributed by atoms with van der Waals surface area (Å²) in [6, 6.07) is 6.52. The lowest BCUT2D eigenvalue weighted by Gasteiger charge is -2.39. The van der Waals surface area contributed by atoms with Gasteiger partial charge in [-0.1, -0.05) is 17.7 Å². The molecular formula is C22H19ClF2N4O3. The number of aromatic amines is 1. The van der Waals surface area contributed by atoms with Crippen LogP contribution in [0.15, 0.2) is 41.2 Å². The van der Waals surface area contributed by atoms with Gasteiger partial charge in [-0.15, -0.1) is 0 Å². The van der Waals surface area contributed by atoms with Crippen LogP contribution < -0.4 is 10.9 Å². The molecule has 32 heavy (non-hydrogen) atoms. The van der Waals surface area contributed by atoms with E-state index >= 15 is 0 Å². The summed E-state index contributed by atoms with van der Waals surface area (Å²) in [5.74, 6) is -1.39. The molecule has 4 rings (SSSR count). The van der Waals surface area contributed by atoms with Gasteiger partial charge in [0.2, 0.25) is 5.91 Å². The molecule has 1 aliphatic heterocycles. The molecule has 0 aliphatic carbocycles. The number of nitrogens with zero attached hydrogens (tertiary/aromatic N) is 2. The lowest BCUT2D eigenvalue weighted by molar-refractivity contribution is -0.130. The first-order valence-electron chi connectivity index (χ1n) is 9.74. The predicted molar refractivity (Wildman–Crippen MR) is 117 cm³/mol. The van der Waals surface area contributed by atoms with E-state index in [1.54, 1.807) is 7.05 Å². The van der Waals surface area contributed by atoms with Crippen molar-refractivity contribution in [1.82, 2.24) is 14.8 Å². The Morgan fingerprint density at radius 2 is 1.94 bits per heavy atom. The highest BCUT2D eigenvalue weighted by atomic mass is 35.5. The van der Waals surface area contributed by atoms with Gasteiger partial charge in [-0.05, 0) is 35.7 Å². The fourth-order valence-corrected chi connectivity index (χ4v) is 4.10. The molecule has 0 bridgehead atoms. The molecule has 0 radical (unpaired) electrons. The number of halogens is 3. The van der Waals surface area contributed by atoms with Gasteiger partial charge in [0.25, 0.3) is 5.56 Å². The van der Waals surface area contributed by atoms with Crippen molar-refractivity contribution in [3.63, 3.8) is 0 Å². The van der Waals surface area contributed by atoms with E-state index in [1.807, 2.05) is 0 Å². The zero-order valence-corrected chi connectivity index (χ0v) is 18.0. The molecule has 10 heteroatoms. The third-order valence-electron chi connectivity index (χ3n) is 5.59. The maximum Gasteiger partial charge on any atom is 0.322 e. The third-order valence-corrected chi connectivity index (χ3v) is 5.88. The Bertz CT molecular complexity index is 1310. The monoisotopic (exact) mass is 460 g/mol. The number of carbonyl (C=O) groups is 2. The smallest absolute Gasteiger partial charge is 0.322 e. The van der Waals surface area contributed by atoms with Gasteiger partial charge in [0, 0.05) is 37.5 Å². The Morgan fingerprint density at radius 3 is 2.62 bits per heavy atom. The van der Waals surface area contributed by atoms with Gasteiger partial charge >= 0.3 is 6.03 Å².